The van der Waals surface area contributed by atoms with Crippen LogP contribution >= 0.6 is 0 Å². The van der Waals surface area contributed by atoms with Crippen molar-refractivity contribution < 1.29 is 0 Å². The van der Waals surface area contributed by atoms with Crippen LogP contribution in [-0.2, 0) is 0 Å². The van der Waals surface area contributed by atoms with Gasteiger partial charge in [0.25, 0.3) is 0 Å². The zero-order valence-corrected chi connectivity index (χ0v) is 19.0. The summed E-state index contributed by atoms with van der Waals surface area (Å²) in [6.07, 6.45) is 7.95. The standard InChI is InChI=1S/C27H32N4/c1-18-5-6-20(3)26(14-18)31-21(4)23-9-11-25(28-16-23)24-10-12-27(30-17-24)29-15-19(2)13-22-7-8-22/h5-6,9-12,14,16-17,19,22H,7-8,13,15H2,1-4H3,(H,29,30). The van der Waals surface area contributed by atoms with Gasteiger partial charge in [0, 0.05) is 35.8 Å². The van der Waals surface area contributed by atoms with E-state index >= 15 is 0 Å². The van der Waals surface area contributed by atoms with E-state index in [-0.39, 0.29) is 0 Å². The Morgan fingerprint density at radius 2 is 1.90 bits per heavy atom. The highest BCUT2D eigenvalue weighted by atomic mass is 15.0. The van der Waals surface area contributed by atoms with Crippen molar-refractivity contribution in [2.24, 2.45) is 16.8 Å². The van der Waals surface area contributed by atoms with Gasteiger partial charge in [0.05, 0.1) is 11.4 Å². The first-order valence-corrected chi connectivity index (χ1v) is 11.3. The molecule has 1 aliphatic rings. The van der Waals surface area contributed by atoms with Crippen LogP contribution in [0.4, 0.5) is 11.5 Å². The lowest BCUT2D eigenvalue weighted by Gasteiger charge is -2.12. The van der Waals surface area contributed by atoms with Gasteiger partial charge in [-0.25, -0.2) is 4.98 Å². The van der Waals surface area contributed by atoms with Crippen molar-refractivity contribution in [2.75, 3.05) is 11.9 Å². The van der Waals surface area contributed by atoms with Crippen molar-refractivity contribution in [1.82, 2.24) is 9.97 Å². The van der Waals surface area contributed by atoms with E-state index in [0.717, 1.165) is 46.5 Å². The quantitative estimate of drug-likeness (QED) is 0.416. The highest BCUT2D eigenvalue weighted by molar-refractivity contribution is 6.00. The summed E-state index contributed by atoms with van der Waals surface area (Å²) in [5.41, 5.74) is 7.34. The molecule has 1 aliphatic carbocycles. The summed E-state index contributed by atoms with van der Waals surface area (Å²) in [7, 11) is 0. The molecule has 1 fully saturated rings. The summed E-state index contributed by atoms with van der Waals surface area (Å²) >= 11 is 0. The SMILES string of the molecule is CC(=Nc1cc(C)ccc1C)c1ccc(-c2ccc(NCC(C)CC3CC3)nc2)nc1. The molecular formula is C27H32N4. The lowest BCUT2D eigenvalue weighted by atomic mass is 10.0. The van der Waals surface area contributed by atoms with Crippen LogP contribution in [0.2, 0.25) is 0 Å². The molecule has 31 heavy (non-hydrogen) atoms. The second kappa shape index (κ2) is 9.42. The number of aryl methyl sites for hydroxylation is 2. The van der Waals surface area contributed by atoms with Crippen molar-refractivity contribution in [1.29, 1.82) is 0 Å². The van der Waals surface area contributed by atoms with Gasteiger partial charge in [-0.05, 0) is 80.5 Å². The monoisotopic (exact) mass is 412 g/mol. The van der Waals surface area contributed by atoms with Crippen molar-refractivity contribution in [2.45, 2.75) is 47.0 Å². The summed E-state index contributed by atoms with van der Waals surface area (Å²) in [4.78, 5) is 14.0. The van der Waals surface area contributed by atoms with Gasteiger partial charge in [0.15, 0.2) is 0 Å². The normalized spacial score (nSPS) is 15.0. The van der Waals surface area contributed by atoms with E-state index in [0.29, 0.717) is 5.92 Å². The van der Waals surface area contributed by atoms with Crippen molar-refractivity contribution >= 4 is 17.2 Å². The van der Waals surface area contributed by atoms with E-state index in [2.05, 4.69) is 66.4 Å². The minimum atomic E-state index is 0.691. The first-order chi connectivity index (χ1) is 15.0. The summed E-state index contributed by atoms with van der Waals surface area (Å²) in [5.74, 6) is 2.59. The molecule has 0 amide bonds. The zero-order chi connectivity index (χ0) is 21.8. The fourth-order valence-electron chi connectivity index (χ4n) is 3.80. The molecule has 2 aromatic heterocycles. The third-order valence-electron chi connectivity index (χ3n) is 5.96. The molecule has 1 N–H and O–H groups in total. The number of aliphatic imine (C=N–C) groups is 1. The Morgan fingerprint density at radius 3 is 2.58 bits per heavy atom. The number of hydrogen-bond donors (Lipinski definition) is 1. The average Bonchev–Trinajstić information content (AvgIpc) is 3.59. The minimum Gasteiger partial charge on any atom is -0.370 e. The third-order valence-corrected chi connectivity index (χ3v) is 5.96. The van der Waals surface area contributed by atoms with Gasteiger partial charge in [-0.15, -0.1) is 0 Å². The molecule has 4 nitrogen and oxygen atoms in total. The number of aromatic nitrogens is 2. The Kier molecular flexibility index (Phi) is 6.45. The Balaban J connectivity index is 1.40. The predicted octanol–water partition coefficient (Wildman–Crippen LogP) is 6.75. The maximum absolute atomic E-state index is 4.82. The fraction of sp³-hybridized carbons (Fsp3) is 0.370. The van der Waals surface area contributed by atoms with Crippen molar-refractivity contribution in [3.63, 3.8) is 0 Å². The summed E-state index contributed by atoms with van der Waals surface area (Å²) in [6.45, 7) is 9.51. The first kappa shape index (κ1) is 21.2. The van der Waals surface area contributed by atoms with Crippen LogP contribution < -0.4 is 5.32 Å². The molecule has 4 heteroatoms. The van der Waals surface area contributed by atoms with Crippen LogP contribution in [0.3, 0.4) is 0 Å². The predicted molar refractivity (Wildman–Crippen MR) is 130 cm³/mol. The van der Waals surface area contributed by atoms with Crippen molar-refractivity contribution in [3.8, 4) is 11.3 Å². The molecule has 0 radical (unpaired) electrons. The van der Waals surface area contributed by atoms with Crippen LogP contribution in [0.1, 0.15) is 49.8 Å². The summed E-state index contributed by atoms with van der Waals surface area (Å²) < 4.78 is 0. The van der Waals surface area contributed by atoms with Crippen LogP contribution in [0.25, 0.3) is 11.3 Å². The molecule has 0 aliphatic heterocycles. The van der Waals surface area contributed by atoms with Gasteiger partial charge in [-0.1, -0.05) is 31.9 Å². The second-order valence-electron chi connectivity index (χ2n) is 9.02. The summed E-state index contributed by atoms with van der Waals surface area (Å²) in [6, 6.07) is 14.6. The number of nitrogens with zero attached hydrogens (tertiary/aromatic N) is 3. The number of nitrogens with one attached hydrogen (secondary N) is 1. The third kappa shape index (κ3) is 5.78. The molecule has 4 rings (SSSR count). The number of hydrogen-bond acceptors (Lipinski definition) is 4. The van der Waals surface area contributed by atoms with E-state index < -0.39 is 0 Å². The van der Waals surface area contributed by atoms with Crippen LogP contribution in [0.5, 0.6) is 0 Å². The Labute approximate surface area is 185 Å². The maximum Gasteiger partial charge on any atom is 0.125 e. The lowest BCUT2D eigenvalue weighted by Crippen LogP contribution is -2.12. The van der Waals surface area contributed by atoms with E-state index in [1.807, 2.05) is 31.5 Å². The highest BCUT2D eigenvalue weighted by Gasteiger charge is 2.23. The van der Waals surface area contributed by atoms with Gasteiger partial charge in [0.1, 0.15) is 5.82 Å². The number of benzene rings is 1. The lowest BCUT2D eigenvalue weighted by molar-refractivity contribution is 0.519. The molecule has 0 spiro atoms. The van der Waals surface area contributed by atoms with E-state index in [9.17, 15) is 0 Å². The van der Waals surface area contributed by atoms with Gasteiger partial charge in [-0.2, -0.15) is 0 Å². The Hall–Kier alpha value is -3.01. The Morgan fingerprint density at radius 1 is 1.06 bits per heavy atom. The minimum absolute atomic E-state index is 0.691. The highest BCUT2D eigenvalue weighted by Crippen LogP contribution is 2.35. The van der Waals surface area contributed by atoms with E-state index in [1.54, 1.807) is 0 Å². The summed E-state index contributed by atoms with van der Waals surface area (Å²) in [5, 5.41) is 3.46. The van der Waals surface area contributed by atoms with E-state index in [4.69, 9.17) is 4.99 Å². The van der Waals surface area contributed by atoms with Crippen molar-refractivity contribution in [3.05, 3.63) is 71.5 Å². The number of rotatable bonds is 8. The molecule has 1 saturated carbocycles. The van der Waals surface area contributed by atoms with Gasteiger partial charge in [0.2, 0.25) is 0 Å². The van der Waals surface area contributed by atoms with Gasteiger partial charge in [-0.3, -0.25) is 9.98 Å². The molecule has 0 saturated heterocycles. The molecule has 1 aromatic carbocycles. The zero-order valence-electron chi connectivity index (χ0n) is 19.0. The molecule has 2 heterocycles. The molecule has 3 aromatic rings. The van der Waals surface area contributed by atoms with Crippen LogP contribution in [0.15, 0.2) is 59.9 Å². The number of pyridine rings is 2. The van der Waals surface area contributed by atoms with Gasteiger partial charge < -0.3 is 5.32 Å². The number of anilines is 1. The molecular weight excluding hydrogens is 380 g/mol. The fourth-order valence-corrected chi connectivity index (χ4v) is 3.80. The molecule has 1 unspecified atom stereocenters. The molecule has 160 valence electrons. The van der Waals surface area contributed by atoms with E-state index in [1.165, 1.54) is 30.4 Å². The topological polar surface area (TPSA) is 50.2 Å². The Bertz CT molecular complexity index is 1050. The van der Waals surface area contributed by atoms with Crippen LogP contribution in [-0.4, -0.2) is 22.2 Å². The molecule has 0 bridgehead atoms. The van der Waals surface area contributed by atoms with Crippen LogP contribution in [0, 0.1) is 25.7 Å². The smallest absolute Gasteiger partial charge is 0.125 e. The maximum atomic E-state index is 4.82. The molecule has 1 atom stereocenters. The second-order valence-corrected chi connectivity index (χ2v) is 9.02. The largest absolute Gasteiger partial charge is 0.370 e. The van der Waals surface area contributed by atoms with Gasteiger partial charge >= 0.3 is 0 Å². The first-order valence-electron chi connectivity index (χ1n) is 11.3. The average molecular weight is 413 g/mol.